The Morgan fingerprint density at radius 1 is 1.29 bits per heavy atom. The molecular formula is C14H25NO2. The highest BCUT2D eigenvalue weighted by atomic mass is 16.5. The molecule has 98 valence electrons. The van der Waals surface area contributed by atoms with Crippen molar-refractivity contribution >= 4 is 6.29 Å². The predicted molar refractivity (Wildman–Crippen MR) is 68.1 cm³/mol. The van der Waals surface area contributed by atoms with E-state index in [1.165, 1.54) is 32.0 Å². The number of ether oxygens (including phenoxy) is 1. The number of hydrogen-bond acceptors (Lipinski definition) is 3. The van der Waals surface area contributed by atoms with Crippen molar-refractivity contribution < 1.29 is 9.53 Å². The van der Waals surface area contributed by atoms with Crippen molar-refractivity contribution in [1.29, 1.82) is 0 Å². The standard InChI is InChI=1S/C14H25NO2/c1-2-15(13-5-3-4-6-13)11-14(12-16)7-9-17-10-8-14/h12-13H,2-11H2,1H3. The molecule has 0 N–H and O–H groups in total. The summed E-state index contributed by atoms with van der Waals surface area (Å²) in [4.78, 5) is 14.0. The average molecular weight is 239 g/mol. The minimum atomic E-state index is -0.128. The fourth-order valence-corrected chi connectivity index (χ4v) is 3.26. The van der Waals surface area contributed by atoms with Gasteiger partial charge in [-0.1, -0.05) is 19.8 Å². The third-order valence-electron chi connectivity index (χ3n) is 4.50. The molecule has 3 nitrogen and oxygen atoms in total. The highest BCUT2D eigenvalue weighted by Crippen LogP contribution is 2.32. The van der Waals surface area contributed by atoms with Gasteiger partial charge in [0.05, 0.1) is 0 Å². The first-order chi connectivity index (χ1) is 8.29. The van der Waals surface area contributed by atoms with Gasteiger partial charge in [-0.05, 0) is 32.2 Å². The Morgan fingerprint density at radius 2 is 1.94 bits per heavy atom. The first kappa shape index (κ1) is 13.0. The highest BCUT2D eigenvalue weighted by Gasteiger charge is 2.36. The van der Waals surface area contributed by atoms with Crippen molar-refractivity contribution in [2.75, 3.05) is 26.3 Å². The molecule has 1 saturated heterocycles. The molecule has 2 fully saturated rings. The largest absolute Gasteiger partial charge is 0.381 e. The zero-order valence-corrected chi connectivity index (χ0v) is 11.0. The van der Waals surface area contributed by atoms with E-state index in [1.807, 2.05) is 0 Å². The summed E-state index contributed by atoms with van der Waals surface area (Å²) in [6.07, 6.45) is 8.36. The minimum absolute atomic E-state index is 0.128. The van der Waals surface area contributed by atoms with Gasteiger partial charge in [0.1, 0.15) is 6.29 Å². The summed E-state index contributed by atoms with van der Waals surface area (Å²) >= 11 is 0. The van der Waals surface area contributed by atoms with Crippen LogP contribution in [0.4, 0.5) is 0 Å². The maximum absolute atomic E-state index is 11.5. The molecule has 0 aromatic carbocycles. The highest BCUT2D eigenvalue weighted by molar-refractivity contribution is 5.60. The Balaban J connectivity index is 1.97. The fraction of sp³-hybridized carbons (Fsp3) is 0.929. The molecule has 1 heterocycles. The zero-order valence-electron chi connectivity index (χ0n) is 11.0. The van der Waals surface area contributed by atoms with Gasteiger partial charge in [-0.15, -0.1) is 0 Å². The lowest BCUT2D eigenvalue weighted by Crippen LogP contribution is -2.46. The second kappa shape index (κ2) is 5.96. The van der Waals surface area contributed by atoms with Gasteiger partial charge < -0.3 is 9.53 Å². The van der Waals surface area contributed by atoms with Gasteiger partial charge in [0.2, 0.25) is 0 Å². The van der Waals surface area contributed by atoms with E-state index in [0.29, 0.717) is 0 Å². The molecule has 2 rings (SSSR count). The number of nitrogens with zero attached hydrogens (tertiary/aromatic N) is 1. The van der Waals surface area contributed by atoms with Crippen molar-refractivity contribution in [1.82, 2.24) is 4.90 Å². The third-order valence-corrected chi connectivity index (χ3v) is 4.50. The first-order valence-corrected chi connectivity index (χ1v) is 7.08. The van der Waals surface area contributed by atoms with Gasteiger partial charge in [-0.25, -0.2) is 0 Å². The lowest BCUT2D eigenvalue weighted by Gasteiger charge is -2.39. The molecule has 1 aliphatic heterocycles. The van der Waals surface area contributed by atoms with Gasteiger partial charge in [0, 0.05) is 31.2 Å². The van der Waals surface area contributed by atoms with Crippen molar-refractivity contribution in [3.05, 3.63) is 0 Å². The summed E-state index contributed by atoms with van der Waals surface area (Å²) in [7, 11) is 0. The van der Waals surface area contributed by atoms with Crippen LogP contribution in [-0.4, -0.2) is 43.5 Å². The van der Waals surface area contributed by atoms with E-state index >= 15 is 0 Å². The number of aldehydes is 1. The minimum Gasteiger partial charge on any atom is -0.381 e. The Morgan fingerprint density at radius 3 is 2.47 bits per heavy atom. The van der Waals surface area contributed by atoms with Crippen LogP contribution in [0.3, 0.4) is 0 Å². The van der Waals surface area contributed by atoms with Crippen molar-refractivity contribution in [2.45, 2.75) is 51.5 Å². The second-order valence-electron chi connectivity index (χ2n) is 5.59. The van der Waals surface area contributed by atoms with Crippen LogP contribution >= 0.6 is 0 Å². The van der Waals surface area contributed by atoms with Crippen LogP contribution in [0.25, 0.3) is 0 Å². The summed E-state index contributed by atoms with van der Waals surface area (Å²) in [5, 5.41) is 0. The fourth-order valence-electron chi connectivity index (χ4n) is 3.26. The summed E-state index contributed by atoms with van der Waals surface area (Å²) in [5.74, 6) is 0. The topological polar surface area (TPSA) is 29.5 Å². The molecule has 0 unspecified atom stereocenters. The van der Waals surface area contributed by atoms with Crippen LogP contribution in [-0.2, 0) is 9.53 Å². The number of carbonyl (C=O) groups is 1. The average Bonchev–Trinajstić information content (AvgIpc) is 2.91. The van der Waals surface area contributed by atoms with E-state index in [2.05, 4.69) is 11.8 Å². The quantitative estimate of drug-likeness (QED) is 0.689. The van der Waals surface area contributed by atoms with Gasteiger partial charge in [-0.2, -0.15) is 0 Å². The Hall–Kier alpha value is -0.410. The van der Waals surface area contributed by atoms with E-state index in [0.717, 1.165) is 45.2 Å². The molecule has 0 bridgehead atoms. The van der Waals surface area contributed by atoms with Crippen LogP contribution in [0.1, 0.15) is 45.4 Å². The molecular weight excluding hydrogens is 214 g/mol. The molecule has 17 heavy (non-hydrogen) atoms. The molecule has 0 amide bonds. The van der Waals surface area contributed by atoms with Gasteiger partial charge >= 0.3 is 0 Å². The number of rotatable bonds is 5. The SMILES string of the molecule is CCN(CC1(C=O)CCOCC1)C1CCCC1. The summed E-state index contributed by atoms with van der Waals surface area (Å²) in [5.41, 5.74) is -0.128. The molecule has 2 aliphatic rings. The maximum Gasteiger partial charge on any atom is 0.127 e. The maximum atomic E-state index is 11.5. The molecule has 0 aromatic rings. The van der Waals surface area contributed by atoms with E-state index in [1.54, 1.807) is 0 Å². The van der Waals surface area contributed by atoms with Crippen LogP contribution in [0, 0.1) is 5.41 Å². The van der Waals surface area contributed by atoms with Crippen molar-refractivity contribution in [3.8, 4) is 0 Å². The number of carbonyl (C=O) groups excluding carboxylic acids is 1. The normalized spacial score (nSPS) is 25.3. The Kier molecular flexibility index (Phi) is 4.57. The molecule has 0 spiro atoms. The molecule has 0 aromatic heterocycles. The second-order valence-corrected chi connectivity index (χ2v) is 5.59. The summed E-state index contributed by atoms with van der Waals surface area (Å²) < 4.78 is 5.39. The molecule has 0 radical (unpaired) electrons. The van der Waals surface area contributed by atoms with E-state index < -0.39 is 0 Å². The van der Waals surface area contributed by atoms with Gasteiger partial charge in [0.25, 0.3) is 0 Å². The lowest BCUT2D eigenvalue weighted by atomic mass is 9.81. The predicted octanol–water partition coefficient (Wildman–Crippen LogP) is 2.25. The van der Waals surface area contributed by atoms with Crippen LogP contribution in [0.15, 0.2) is 0 Å². The van der Waals surface area contributed by atoms with E-state index in [4.69, 9.17) is 4.74 Å². The van der Waals surface area contributed by atoms with Crippen molar-refractivity contribution in [3.63, 3.8) is 0 Å². The lowest BCUT2D eigenvalue weighted by molar-refractivity contribution is -0.123. The van der Waals surface area contributed by atoms with Crippen LogP contribution in [0.2, 0.25) is 0 Å². The van der Waals surface area contributed by atoms with Crippen LogP contribution < -0.4 is 0 Å². The molecule has 3 heteroatoms. The van der Waals surface area contributed by atoms with E-state index in [-0.39, 0.29) is 5.41 Å². The van der Waals surface area contributed by atoms with Gasteiger partial charge in [-0.3, -0.25) is 4.90 Å². The van der Waals surface area contributed by atoms with E-state index in [9.17, 15) is 4.79 Å². The molecule has 1 aliphatic carbocycles. The smallest absolute Gasteiger partial charge is 0.127 e. The first-order valence-electron chi connectivity index (χ1n) is 7.08. The Labute approximate surface area is 105 Å². The molecule has 0 atom stereocenters. The summed E-state index contributed by atoms with van der Waals surface area (Å²) in [6.45, 7) is 5.74. The monoisotopic (exact) mass is 239 g/mol. The third kappa shape index (κ3) is 3.08. The zero-order chi connectivity index (χ0) is 12.1. The van der Waals surface area contributed by atoms with Gasteiger partial charge in [0.15, 0.2) is 0 Å². The molecule has 1 saturated carbocycles. The Bertz CT molecular complexity index is 243. The number of hydrogen-bond donors (Lipinski definition) is 0. The van der Waals surface area contributed by atoms with Crippen LogP contribution in [0.5, 0.6) is 0 Å². The summed E-state index contributed by atoms with van der Waals surface area (Å²) in [6, 6.07) is 0.722. The van der Waals surface area contributed by atoms with Crippen molar-refractivity contribution in [2.24, 2.45) is 5.41 Å².